The lowest BCUT2D eigenvalue weighted by atomic mass is 10.1. The first-order valence-electron chi connectivity index (χ1n) is 36.5. The predicted octanol–water partition coefficient (Wildman–Crippen LogP) is 19.1. The number of halogens is 6. The fourth-order valence-corrected chi connectivity index (χ4v) is 10.7. The number of nitrogen functional groups attached to an aromatic ring is 1. The molecule has 0 saturated heterocycles. The van der Waals surface area contributed by atoms with E-state index in [1.165, 1.54) is 38.5 Å². The molecule has 24 nitrogen and oxygen atoms in total. The number of carbonyl (C=O) groups is 5. The fourth-order valence-electron chi connectivity index (χ4n) is 9.42. The number of anilines is 3. The highest BCUT2D eigenvalue weighted by Gasteiger charge is 2.20. The number of carboxylic acid groups (broad SMARTS) is 1. The van der Waals surface area contributed by atoms with Crippen molar-refractivity contribution in [3.8, 4) is 40.2 Å². The summed E-state index contributed by atoms with van der Waals surface area (Å²) in [5, 5.41) is 26.6. The molecule has 7 rings (SSSR count). The van der Waals surface area contributed by atoms with Crippen molar-refractivity contribution in [3.63, 3.8) is 0 Å². The molecule has 0 atom stereocenters. The number of ether oxygens (including phenoxy) is 9. The number of hydrogen-bond acceptors (Lipinski definition) is 21. The van der Waals surface area contributed by atoms with Crippen LogP contribution in [0.3, 0.4) is 0 Å². The molecule has 0 aliphatic heterocycles. The third kappa shape index (κ3) is 40.8. The van der Waals surface area contributed by atoms with Crippen LogP contribution in [0.4, 0.5) is 26.7 Å². The zero-order chi connectivity index (χ0) is 86.1. The van der Waals surface area contributed by atoms with Crippen molar-refractivity contribution in [1.29, 1.82) is 0 Å². The molecule has 0 unspecified atom stereocenters. The fraction of sp³-hybridized carbons (Fsp3) is 0.440. The van der Waals surface area contributed by atoms with Gasteiger partial charge in [-0.3, -0.25) is 10.6 Å². The molecule has 7 aromatic carbocycles. The van der Waals surface area contributed by atoms with Gasteiger partial charge in [-0.15, -0.1) is 0 Å². The Morgan fingerprint density at radius 2 is 0.702 bits per heavy atom. The maximum atomic E-state index is 12.0. The Bertz CT molecular complexity index is 4140. The number of rotatable bonds is 31. The van der Waals surface area contributed by atoms with E-state index in [-0.39, 0.29) is 16.9 Å². The Morgan fingerprint density at radius 3 is 1.04 bits per heavy atom. The maximum absolute atomic E-state index is 12.0. The van der Waals surface area contributed by atoms with Crippen molar-refractivity contribution in [2.45, 2.75) is 100 Å². The van der Waals surface area contributed by atoms with Crippen molar-refractivity contribution < 1.29 is 76.8 Å². The lowest BCUT2D eigenvalue weighted by molar-refractivity contribution is 0.0591. The first-order valence-corrected chi connectivity index (χ1v) is 38.8. The molecule has 0 bridgehead atoms. The molecule has 0 spiro atoms. The molecule has 0 saturated carbocycles. The van der Waals surface area contributed by atoms with Crippen LogP contribution in [-0.4, -0.2) is 221 Å². The van der Waals surface area contributed by atoms with Crippen LogP contribution >= 0.6 is 69.6 Å². The highest BCUT2D eigenvalue weighted by atomic mass is 35.5. The molecule has 2 amide bonds. The van der Waals surface area contributed by atoms with Crippen molar-refractivity contribution in [3.05, 3.63) is 183 Å². The van der Waals surface area contributed by atoms with E-state index in [4.69, 9.17) is 114 Å². The highest BCUT2D eigenvalue weighted by molar-refractivity contribution is 6.33. The minimum absolute atomic E-state index is 0.00657. The van der Waals surface area contributed by atoms with Crippen LogP contribution in [0.15, 0.2) is 103 Å². The number of carbonyl (C=O) groups excluding carboxylic acids is 4. The molecule has 0 aliphatic carbocycles. The van der Waals surface area contributed by atoms with Gasteiger partial charge in [0.15, 0.2) is 0 Å². The second kappa shape index (κ2) is 53.0. The molecule has 0 aliphatic rings. The zero-order valence-electron chi connectivity index (χ0n) is 69.6. The average molecular weight is 1710 g/mol. The van der Waals surface area contributed by atoms with E-state index in [1.54, 1.807) is 73.7 Å². The molecule has 0 aromatic heterocycles. The third-order valence-electron chi connectivity index (χ3n) is 15.8. The molecule has 0 radical (unpaired) electrons. The Hall–Kier alpha value is -8.37. The molecule has 0 fully saturated rings. The number of aromatic hydroxyl groups is 1. The monoisotopic (exact) mass is 1700 g/mol. The Labute approximate surface area is 704 Å². The average Bonchev–Trinajstić information content (AvgIpc) is 0.833. The highest BCUT2D eigenvalue weighted by Crippen LogP contribution is 2.35. The number of methoxy groups -OCH3 is 2. The van der Waals surface area contributed by atoms with Crippen molar-refractivity contribution >= 4 is 117 Å². The topological polar surface area (TPSA) is 275 Å². The Morgan fingerprint density at radius 1 is 0.404 bits per heavy atom. The number of hydrogen-bond donors (Lipinski definition) is 5. The first kappa shape index (κ1) is 102. The number of phenolic OH excluding ortho intramolecular Hbond substituents is 1. The number of nitrogens with one attached hydrogen (secondary N) is 2. The van der Waals surface area contributed by atoms with Gasteiger partial charge in [-0.2, -0.15) is 0 Å². The SMILES string of the molecule is COC(=O)c1cc(Cl)c(C)c(OCCCN(C)C)c1.COC(=O)c1cc(O)c(C)c(Cl)c1.Cc1c(Cl)cc(C(=O)O)cc1OCCCN(C)C.Cc1c(Cl)cc(N)cc1OCCCN(C)C.Cc1c(Cl)cc(NC(=O)OC(C)(C)C)cc1OCCCN(C)C.Cc1c(Cl)cc(NC(=O)Oc2ccccc2)cc1OCCCN(C)C. The molecule has 7 aromatic rings. The standard InChI is InChI=1S/C19H23ClN2O3.C17H27ClN2O3.C14H20ClNO3.C13H18ClNO3.C12H19ClN2O.C9H9ClO3/c1-14-17(20)12-15(13-18(14)24-11-7-10-22(2)3)21-19(23)25-16-8-5-4-6-9-16;1-12-14(18)10-13(19-16(21)23-17(2,3)4)11-15(12)22-9-7-8-20(5)6;1-10-12(15)8-11(14(17)18-4)9-13(10)19-7-5-6-16(2)3;1-9-11(14)7-10(13(16)17)8-12(9)18-6-4-5-15(2)3;1-9-11(13)7-10(14)8-12(9)16-6-4-5-15(2)3;1-5-7(10)3-6(4-8(5)11)9(12)13-2/h4-6,8-9,12-13H,7,10-11H2,1-3H3,(H,21,23);10-11H,7-9H2,1-6H3,(H,19,21);8-9H,5-7H2,1-4H3;7-8H,4-6H2,1-3H3,(H,16,17);7-8H,4-6,14H2,1-3H3;3-4,11H,1-2H3. The van der Waals surface area contributed by atoms with Crippen molar-refractivity contribution in [2.75, 3.05) is 167 Å². The molecule has 6 N–H and O–H groups in total. The van der Waals surface area contributed by atoms with E-state index >= 15 is 0 Å². The van der Waals surface area contributed by atoms with Gasteiger partial charge >= 0.3 is 30.1 Å². The normalized spacial score (nSPS) is 10.7. The van der Waals surface area contributed by atoms with Crippen LogP contribution in [0.1, 0.15) is 117 Å². The maximum Gasteiger partial charge on any atom is 0.417 e. The van der Waals surface area contributed by atoms with Gasteiger partial charge < -0.3 is 83.1 Å². The lowest BCUT2D eigenvalue weighted by Crippen LogP contribution is -2.27. The van der Waals surface area contributed by atoms with E-state index in [1.807, 2.05) is 138 Å². The molecular formula is C84H116Cl6N8O16. The van der Waals surface area contributed by atoms with Gasteiger partial charge in [-0.05, 0) is 232 Å². The number of phenols is 1. The largest absolute Gasteiger partial charge is 0.508 e. The summed E-state index contributed by atoms with van der Waals surface area (Å²) in [6.45, 7) is 24.2. The Kier molecular flexibility index (Phi) is 47.3. The van der Waals surface area contributed by atoms with Crippen LogP contribution in [0.2, 0.25) is 30.1 Å². The third-order valence-corrected chi connectivity index (χ3v) is 18.1. The number of aromatic carboxylic acids is 1. The molecule has 630 valence electrons. The number of esters is 2. The summed E-state index contributed by atoms with van der Waals surface area (Å²) < 4.78 is 48.1. The number of nitrogens with zero attached hydrogens (tertiary/aromatic N) is 5. The van der Waals surface area contributed by atoms with Gasteiger partial charge in [-0.1, -0.05) is 87.8 Å². The van der Waals surface area contributed by atoms with Crippen molar-refractivity contribution in [1.82, 2.24) is 24.5 Å². The predicted molar refractivity (Wildman–Crippen MR) is 462 cm³/mol. The second-order valence-electron chi connectivity index (χ2n) is 28.3. The van der Waals surface area contributed by atoms with Crippen LogP contribution in [-0.2, 0) is 14.2 Å². The summed E-state index contributed by atoms with van der Waals surface area (Å²) in [7, 11) is 22.8. The van der Waals surface area contributed by atoms with Crippen LogP contribution < -0.4 is 44.8 Å². The summed E-state index contributed by atoms with van der Waals surface area (Å²) in [5.41, 5.74) is 12.5. The minimum atomic E-state index is -1.00. The van der Waals surface area contributed by atoms with Gasteiger partial charge in [0.1, 0.15) is 45.8 Å². The summed E-state index contributed by atoms with van der Waals surface area (Å²) in [6, 6.07) is 28.3. The van der Waals surface area contributed by atoms with E-state index < -0.39 is 35.7 Å². The smallest absolute Gasteiger partial charge is 0.417 e. The summed E-state index contributed by atoms with van der Waals surface area (Å²) in [6.07, 6.45) is 3.49. The minimum Gasteiger partial charge on any atom is -0.508 e. The number of carboxylic acids is 1. The summed E-state index contributed by atoms with van der Waals surface area (Å²) in [4.78, 5) is 67.8. The Balaban J connectivity index is 0.000000469. The van der Waals surface area contributed by atoms with Crippen LogP contribution in [0.5, 0.6) is 40.2 Å². The number of amides is 2. The van der Waals surface area contributed by atoms with Crippen molar-refractivity contribution in [2.24, 2.45) is 0 Å². The first-order chi connectivity index (χ1) is 53.5. The number of para-hydroxylation sites is 1. The van der Waals surface area contributed by atoms with Gasteiger partial charge in [0, 0.05) is 132 Å². The molecular weight excluding hydrogens is 1590 g/mol. The molecule has 0 heterocycles. The summed E-state index contributed by atoms with van der Waals surface area (Å²) in [5.74, 6) is 1.80. The van der Waals surface area contributed by atoms with Gasteiger partial charge in [0.05, 0.1) is 63.9 Å². The van der Waals surface area contributed by atoms with Gasteiger partial charge in [-0.25, -0.2) is 24.0 Å². The van der Waals surface area contributed by atoms with E-state index in [0.717, 1.165) is 98.4 Å². The second-order valence-corrected chi connectivity index (χ2v) is 30.8. The van der Waals surface area contributed by atoms with Crippen LogP contribution in [0, 0.1) is 41.5 Å². The molecule has 30 heteroatoms. The lowest BCUT2D eigenvalue weighted by Gasteiger charge is -2.20. The van der Waals surface area contributed by atoms with E-state index in [0.29, 0.717) is 120 Å². The number of nitrogens with two attached hydrogens (primary N) is 1. The van der Waals surface area contributed by atoms with E-state index in [9.17, 15) is 29.1 Å². The zero-order valence-corrected chi connectivity index (χ0v) is 74.1. The number of benzene rings is 7. The van der Waals surface area contributed by atoms with Crippen LogP contribution in [0.25, 0.3) is 0 Å². The van der Waals surface area contributed by atoms with Gasteiger partial charge in [0.2, 0.25) is 0 Å². The quantitative estimate of drug-likeness (QED) is 0.0117. The van der Waals surface area contributed by atoms with Gasteiger partial charge in [0.25, 0.3) is 0 Å². The summed E-state index contributed by atoms with van der Waals surface area (Å²) >= 11 is 36.3. The van der Waals surface area contributed by atoms with E-state index in [2.05, 4.69) is 44.6 Å². The molecule has 114 heavy (non-hydrogen) atoms.